The van der Waals surface area contributed by atoms with Crippen LogP contribution in [0.15, 0.2) is 0 Å². The Labute approximate surface area is 79.7 Å². The van der Waals surface area contributed by atoms with Gasteiger partial charge in [-0.25, -0.2) is 0 Å². The van der Waals surface area contributed by atoms with Gasteiger partial charge < -0.3 is 5.32 Å². The van der Waals surface area contributed by atoms with Crippen molar-refractivity contribution in [3.63, 3.8) is 0 Å². The molecule has 0 bridgehead atoms. The molecule has 2 fully saturated rings. The van der Waals surface area contributed by atoms with Gasteiger partial charge in [0.05, 0.1) is 4.87 Å². The van der Waals surface area contributed by atoms with Crippen molar-refractivity contribution in [2.75, 3.05) is 12.3 Å². The summed E-state index contributed by atoms with van der Waals surface area (Å²) in [7, 11) is 0. The monoisotopic (exact) mass is 185 g/mol. The molecule has 1 heterocycles. The second kappa shape index (κ2) is 3.59. The lowest BCUT2D eigenvalue weighted by atomic mass is 10.1. The van der Waals surface area contributed by atoms with E-state index in [1.807, 2.05) is 0 Å². The normalized spacial score (nSPS) is 36.8. The molecule has 1 saturated carbocycles. The molecule has 2 aliphatic rings. The van der Waals surface area contributed by atoms with Crippen molar-refractivity contribution in [3.05, 3.63) is 0 Å². The van der Waals surface area contributed by atoms with Gasteiger partial charge in [0.2, 0.25) is 0 Å². The van der Waals surface area contributed by atoms with Crippen molar-refractivity contribution in [3.8, 4) is 0 Å². The van der Waals surface area contributed by atoms with Crippen molar-refractivity contribution >= 4 is 11.8 Å². The summed E-state index contributed by atoms with van der Waals surface area (Å²) in [5.74, 6) is 2.38. The first-order valence-electron chi connectivity index (χ1n) is 5.26. The van der Waals surface area contributed by atoms with Gasteiger partial charge in [-0.05, 0) is 43.9 Å². The SMILES string of the molecule is CCCC1(C2CC2)NCCCS1. The maximum Gasteiger partial charge on any atom is 0.0673 e. The third-order valence-electron chi connectivity index (χ3n) is 2.96. The molecule has 1 atom stereocenters. The lowest BCUT2D eigenvalue weighted by Crippen LogP contribution is -2.47. The highest BCUT2D eigenvalue weighted by atomic mass is 32.2. The van der Waals surface area contributed by atoms with Gasteiger partial charge in [-0.2, -0.15) is 0 Å². The van der Waals surface area contributed by atoms with Gasteiger partial charge in [-0.3, -0.25) is 0 Å². The predicted octanol–water partition coefficient (Wildman–Crippen LogP) is 2.62. The van der Waals surface area contributed by atoms with Crippen molar-refractivity contribution in [1.82, 2.24) is 5.32 Å². The van der Waals surface area contributed by atoms with Crippen LogP contribution in [0.5, 0.6) is 0 Å². The van der Waals surface area contributed by atoms with E-state index in [-0.39, 0.29) is 0 Å². The molecule has 1 nitrogen and oxygen atoms in total. The minimum Gasteiger partial charge on any atom is -0.303 e. The van der Waals surface area contributed by atoms with Gasteiger partial charge in [0.25, 0.3) is 0 Å². The van der Waals surface area contributed by atoms with Crippen LogP contribution in [0.3, 0.4) is 0 Å². The Balaban J connectivity index is 1.98. The third-order valence-corrected chi connectivity index (χ3v) is 4.65. The van der Waals surface area contributed by atoms with E-state index in [1.165, 1.54) is 44.4 Å². The van der Waals surface area contributed by atoms with E-state index in [9.17, 15) is 0 Å². The fourth-order valence-electron chi connectivity index (χ4n) is 2.23. The summed E-state index contributed by atoms with van der Waals surface area (Å²) < 4.78 is 0. The highest BCUT2D eigenvalue weighted by Crippen LogP contribution is 2.49. The van der Waals surface area contributed by atoms with Crippen LogP contribution >= 0.6 is 11.8 Å². The maximum absolute atomic E-state index is 3.76. The minimum absolute atomic E-state index is 0.507. The Morgan fingerprint density at radius 3 is 2.83 bits per heavy atom. The number of rotatable bonds is 3. The molecule has 1 unspecified atom stereocenters. The summed E-state index contributed by atoms with van der Waals surface area (Å²) in [6, 6.07) is 0. The summed E-state index contributed by atoms with van der Waals surface area (Å²) in [6.45, 7) is 3.56. The first-order valence-corrected chi connectivity index (χ1v) is 6.25. The van der Waals surface area contributed by atoms with Crippen molar-refractivity contribution in [1.29, 1.82) is 0 Å². The first-order chi connectivity index (χ1) is 5.87. The van der Waals surface area contributed by atoms with Gasteiger partial charge in [-0.1, -0.05) is 13.3 Å². The molecule has 2 rings (SSSR count). The van der Waals surface area contributed by atoms with E-state index in [2.05, 4.69) is 24.0 Å². The Kier molecular flexibility index (Phi) is 2.66. The van der Waals surface area contributed by atoms with Gasteiger partial charge in [0, 0.05) is 0 Å². The van der Waals surface area contributed by atoms with Crippen LogP contribution in [0.25, 0.3) is 0 Å². The summed E-state index contributed by atoms with van der Waals surface area (Å²) in [5.41, 5.74) is 0. The lowest BCUT2D eigenvalue weighted by Gasteiger charge is -2.38. The quantitative estimate of drug-likeness (QED) is 0.725. The minimum atomic E-state index is 0.507. The highest BCUT2D eigenvalue weighted by molar-refractivity contribution is 8.00. The molecule has 2 heteroatoms. The number of thioether (sulfide) groups is 1. The molecular weight excluding hydrogens is 166 g/mol. The molecule has 1 N–H and O–H groups in total. The van der Waals surface area contributed by atoms with Gasteiger partial charge >= 0.3 is 0 Å². The van der Waals surface area contributed by atoms with E-state index in [1.54, 1.807) is 0 Å². The van der Waals surface area contributed by atoms with E-state index in [4.69, 9.17) is 0 Å². The molecule has 0 aromatic rings. The van der Waals surface area contributed by atoms with Crippen LogP contribution < -0.4 is 5.32 Å². The molecule has 1 saturated heterocycles. The summed E-state index contributed by atoms with van der Waals surface area (Å²) >= 11 is 2.19. The average molecular weight is 185 g/mol. The number of hydrogen-bond donors (Lipinski definition) is 1. The Morgan fingerprint density at radius 2 is 2.33 bits per heavy atom. The summed E-state index contributed by atoms with van der Waals surface area (Å²) in [5, 5.41) is 3.76. The van der Waals surface area contributed by atoms with E-state index < -0.39 is 0 Å². The zero-order valence-corrected chi connectivity index (χ0v) is 8.75. The summed E-state index contributed by atoms with van der Waals surface area (Å²) in [4.78, 5) is 0.507. The molecule has 0 amide bonds. The van der Waals surface area contributed by atoms with Crippen LogP contribution in [0, 0.1) is 5.92 Å². The van der Waals surface area contributed by atoms with E-state index in [0.29, 0.717) is 4.87 Å². The average Bonchev–Trinajstić information content (AvgIpc) is 2.89. The van der Waals surface area contributed by atoms with Crippen LogP contribution in [-0.2, 0) is 0 Å². The van der Waals surface area contributed by atoms with E-state index >= 15 is 0 Å². The number of hydrogen-bond acceptors (Lipinski definition) is 2. The number of nitrogens with one attached hydrogen (secondary N) is 1. The largest absolute Gasteiger partial charge is 0.303 e. The molecule has 0 aromatic carbocycles. The molecule has 12 heavy (non-hydrogen) atoms. The second-order valence-electron chi connectivity index (χ2n) is 4.04. The van der Waals surface area contributed by atoms with Crippen molar-refractivity contribution in [2.24, 2.45) is 5.92 Å². The fourth-order valence-corrected chi connectivity index (χ4v) is 3.90. The topological polar surface area (TPSA) is 12.0 Å². The molecule has 0 radical (unpaired) electrons. The molecule has 1 aliphatic carbocycles. The molecule has 70 valence electrons. The molecule has 1 aliphatic heterocycles. The Bertz CT molecular complexity index is 142. The zero-order chi connectivity index (χ0) is 8.44. The Hall–Kier alpha value is 0.310. The second-order valence-corrected chi connectivity index (χ2v) is 5.47. The lowest BCUT2D eigenvalue weighted by molar-refractivity contribution is 0.377. The third kappa shape index (κ3) is 1.64. The smallest absolute Gasteiger partial charge is 0.0673 e. The maximum atomic E-state index is 3.76. The Morgan fingerprint density at radius 1 is 1.50 bits per heavy atom. The summed E-state index contributed by atoms with van der Waals surface area (Å²) in [6.07, 6.45) is 7.02. The van der Waals surface area contributed by atoms with Gasteiger partial charge in [-0.15, -0.1) is 11.8 Å². The first kappa shape index (κ1) is 8.89. The molecule has 0 aromatic heterocycles. The predicted molar refractivity (Wildman–Crippen MR) is 55.4 cm³/mol. The fraction of sp³-hybridized carbons (Fsp3) is 1.00. The molecular formula is C10H19NS. The van der Waals surface area contributed by atoms with Crippen LogP contribution in [0.2, 0.25) is 0 Å². The van der Waals surface area contributed by atoms with Crippen molar-refractivity contribution < 1.29 is 0 Å². The van der Waals surface area contributed by atoms with Crippen LogP contribution in [-0.4, -0.2) is 17.2 Å². The van der Waals surface area contributed by atoms with Gasteiger partial charge in [0.1, 0.15) is 0 Å². The highest BCUT2D eigenvalue weighted by Gasteiger charge is 2.45. The zero-order valence-electron chi connectivity index (χ0n) is 7.94. The van der Waals surface area contributed by atoms with Crippen LogP contribution in [0.4, 0.5) is 0 Å². The van der Waals surface area contributed by atoms with Crippen molar-refractivity contribution in [2.45, 2.75) is 43.9 Å². The standard InChI is InChI=1S/C10H19NS/c1-2-6-10(9-4-5-9)11-7-3-8-12-10/h9,11H,2-8H2,1H3. The van der Waals surface area contributed by atoms with E-state index in [0.717, 1.165) is 5.92 Å². The molecule has 0 spiro atoms. The van der Waals surface area contributed by atoms with Gasteiger partial charge in [0.15, 0.2) is 0 Å². The van der Waals surface area contributed by atoms with Crippen LogP contribution in [0.1, 0.15) is 39.0 Å².